The highest BCUT2D eigenvalue weighted by Gasteiger charge is 2.50. The normalized spacial score (nSPS) is 30.7. The van der Waals surface area contributed by atoms with Gasteiger partial charge in [-0.25, -0.2) is 0 Å². The summed E-state index contributed by atoms with van der Waals surface area (Å²) in [5.41, 5.74) is -0.139. The number of allylic oxidation sites excluding steroid dienone is 2. The lowest BCUT2D eigenvalue weighted by atomic mass is 9.83. The predicted molar refractivity (Wildman–Crippen MR) is 89.6 cm³/mol. The Labute approximate surface area is 144 Å². The maximum absolute atomic E-state index is 12.5. The van der Waals surface area contributed by atoms with Gasteiger partial charge in [-0.05, 0) is 38.0 Å². The lowest BCUT2D eigenvalue weighted by Crippen LogP contribution is -2.68. The number of likely N-dealkylation sites (tertiary alicyclic amines) is 1. The Kier molecular flexibility index (Phi) is 4.93. The molecule has 1 atom stereocenters. The van der Waals surface area contributed by atoms with E-state index in [9.17, 15) is 4.79 Å². The van der Waals surface area contributed by atoms with Crippen molar-refractivity contribution in [2.24, 2.45) is 11.8 Å². The molecule has 1 aliphatic carbocycles. The van der Waals surface area contributed by atoms with E-state index in [0.29, 0.717) is 11.8 Å². The van der Waals surface area contributed by atoms with Gasteiger partial charge in [0.25, 0.3) is 0 Å². The van der Waals surface area contributed by atoms with Gasteiger partial charge in [0.05, 0.1) is 19.2 Å². The summed E-state index contributed by atoms with van der Waals surface area (Å²) in [4.78, 5) is 14.4. The topological polar surface area (TPSA) is 48.0 Å². The van der Waals surface area contributed by atoms with E-state index in [4.69, 9.17) is 14.2 Å². The standard InChI is InChI=1S/C19H29NO4/c21-18(16-3-1-2-4-16)20-13-19(14-20)11-17(7-10-24-19)23-12-15-5-8-22-9-6-15/h1-2,15-17H,3-14H2. The Morgan fingerprint density at radius 2 is 1.88 bits per heavy atom. The minimum Gasteiger partial charge on any atom is -0.381 e. The van der Waals surface area contributed by atoms with Crippen molar-refractivity contribution in [2.75, 3.05) is 39.5 Å². The molecule has 0 aromatic heterocycles. The fourth-order valence-electron chi connectivity index (χ4n) is 4.41. The summed E-state index contributed by atoms with van der Waals surface area (Å²) in [6.45, 7) is 4.85. The molecule has 1 spiro atoms. The second-order valence-electron chi connectivity index (χ2n) is 7.87. The van der Waals surface area contributed by atoms with Crippen LogP contribution in [0.5, 0.6) is 0 Å². The molecule has 0 aromatic rings. The maximum Gasteiger partial charge on any atom is 0.226 e. The van der Waals surface area contributed by atoms with Crippen LogP contribution < -0.4 is 0 Å². The zero-order valence-electron chi connectivity index (χ0n) is 14.5. The quantitative estimate of drug-likeness (QED) is 0.739. The number of carbonyl (C=O) groups excluding carboxylic acids is 1. The number of hydrogen-bond acceptors (Lipinski definition) is 4. The van der Waals surface area contributed by atoms with Crippen molar-refractivity contribution < 1.29 is 19.0 Å². The molecule has 0 aromatic carbocycles. The van der Waals surface area contributed by atoms with Gasteiger partial charge in [-0.15, -0.1) is 0 Å². The van der Waals surface area contributed by atoms with Gasteiger partial charge >= 0.3 is 0 Å². The summed E-state index contributed by atoms with van der Waals surface area (Å²) in [6, 6.07) is 0. The summed E-state index contributed by atoms with van der Waals surface area (Å²) in [6.07, 6.45) is 10.5. The number of amides is 1. The molecule has 3 aliphatic heterocycles. The number of nitrogens with zero attached hydrogens (tertiary/aromatic N) is 1. The maximum atomic E-state index is 12.5. The second kappa shape index (κ2) is 7.14. The highest BCUT2D eigenvalue weighted by atomic mass is 16.5. The molecule has 4 aliphatic rings. The van der Waals surface area contributed by atoms with Gasteiger partial charge in [0.2, 0.25) is 5.91 Å². The molecular weight excluding hydrogens is 306 g/mol. The van der Waals surface area contributed by atoms with Gasteiger partial charge in [0.15, 0.2) is 0 Å². The van der Waals surface area contributed by atoms with E-state index in [1.807, 2.05) is 4.90 Å². The van der Waals surface area contributed by atoms with Crippen LogP contribution in [-0.4, -0.2) is 62.0 Å². The lowest BCUT2D eigenvalue weighted by molar-refractivity contribution is -0.204. The fraction of sp³-hybridized carbons (Fsp3) is 0.842. The SMILES string of the molecule is O=C(C1CC=CC1)N1CC2(CC(OCC3CCOCC3)CCO2)C1. The highest BCUT2D eigenvalue weighted by molar-refractivity contribution is 5.80. The largest absolute Gasteiger partial charge is 0.381 e. The molecule has 5 heteroatoms. The molecule has 0 bridgehead atoms. The van der Waals surface area contributed by atoms with Crippen molar-refractivity contribution in [3.8, 4) is 0 Å². The van der Waals surface area contributed by atoms with Crippen molar-refractivity contribution in [1.82, 2.24) is 4.90 Å². The third-order valence-corrected chi connectivity index (χ3v) is 5.98. The van der Waals surface area contributed by atoms with E-state index < -0.39 is 0 Å². The molecule has 1 unspecified atom stereocenters. The molecule has 3 saturated heterocycles. The molecule has 134 valence electrons. The molecule has 24 heavy (non-hydrogen) atoms. The summed E-state index contributed by atoms with van der Waals surface area (Å²) in [7, 11) is 0. The van der Waals surface area contributed by atoms with Gasteiger partial charge in [-0.2, -0.15) is 0 Å². The Bertz CT molecular complexity index is 472. The summed E-state index contributed by atoms with van der Waals surface area (Å²) < 4.78 is 17.7. The Hall–Kier alpha value is -0.910. The monoisotopic (exact) mass is 335 g/mol. The smallest absolute Gasteiger partial charge is 0.226 e. The number of rotatable bonds is 4. The van der Waals surface area contributed by atoms with E-state index in [-0.39, 0.29) is 17.6 Å². The van der Waals surface area contributed by atoms with E-state index in [2.05, 4.69) is 12.2 Å². The van der Waals surface area contributed by atoms with Gasteiger partial charge < -0.3 is 19.1 Å². The number of hydrogen-bond donors (Lipinski definition) is 0. The number of ether oxygens (including phenoxy) is 3. The van der Waals surface area contributed by atoms with E-state index in [1.54, 1.807) is 0 Å². The van der Waals surface area contributed by atoms with Crippen LogP contribution in [0.4, 0.5) is 0 Å². The molecule has 3 heterocycles. The van der Waals surface area contributed by atoms with Crippen molar-refractivity contribution in [3.05, 3.63) is 12.2 Å². The van der Waals surface area contributed by atoms with E-state index in [0.717, 1.165) is 78.0 Å². The summed E-state index contributed by atoms with van der Waals surface area (Å²) >= 11 is 0. The van der Waals surface area contributed by atoms with Gasteiger partial charge in [0, 0.05) is 38.8 Å². The first-order valence-electron chi connectivity index (χ1n) is 9.51. The summed E-state index contributed by atoms with van der Waals surface area (Å²) in [5, 5.41) is 0. The molecule has 5 nitrogen and oxygen atoms in total. The molecule has 4 rings (SSSR count). The fourth-order valence-corrected chi connectivity index (χ4v) is 4.41. The minimum absolute atomic E-state index is 0.139. The van der Waals surface area contributed by atoms with Gasteiger partial charge in [0.1, 0.15) is 5.60 Å². The van der Waals surface area contributed by atoms with Gasteiger partial charge in [-0.1, -0.05) is 12.2 Å². The zero-order valence-corrected chi connectivity index (χ0v) is 14.5. The predicted octanol–water partition coefficient (Wildman–Crippen LogP) is 2.16. The Morgan fingerprint density at radius 3 is 2.62 bits per heavy atom. The molecule has 0 radical (unpaired) electrons. The average Bonchev–Trinajstić information content (AvgIpc) is 3.13. The van der Waals surface area contributed by atoms with Crippen LogP contribution in [0.1, 0.15) is 38.5 Å². The number of carbonyl (C=O) groups is 1. The van der Waals surface area contributed by atoms with E-state index >= 15 is 0 Å². The van der Waals surface area contributed by atoms with Crippen molar-refractivity contribution >= 4 is 5.91 Å². The minimum atomic E-state index is -0.139. The third-order valence-electron chi connectivity index (χ3n) is 5.98. The van der Waals surface area contributed by atoms with Crippen molar-refractivity contribution in [3.63, 3.8) is 0 Å². The van der Waals surface area contributed by atoms with Crippen molar-refractivity contribution in [2.45, 2.75) is 50.2 Å². The summed E-state index contributed by atoms with van der Waals surface area (Å²) in [5.74, 6) is 1.12. The Balaban J connectivity index is 1.23. The lowest BCUT2D eigenvalue weighted by Gasteiger charge is -2.53. The molecule has 0 N–H and O–H groups in total. The first-order chi connectivity index (χ1) is 11.7. The van der Waals surface area contributed by atoms with Crippen LogP contribution >= 0.6 is 0 Å². The van der Waals surface area contributed by atoms with Crippen molar-refractivity contribution in [1.29, 1.82) is 0 Å². The molecule has 1 amide bonds. The molecular formula is C19H29NO4. The molecule has 3 fully saturated rings. The third kappa shape index (κ3) is 3.53. The second-order valence-corrected chi connectivity index (χ2v) is 7.87. The van der Waals surface area contributed by atoms with E-state index in [1.165, 1.54) is 0 Å². The van der Waals surface area contributed by atoms with Crippen LogP contribution in [0.2, 0.25) is 0 Å². The van der Waals surface area contributed by atoms with Gasteiger partial charge in [-0.3, -0.25) is 4.79 Å². The highest BCUT2D eigenvalue weighted by Crippen LogP contribution is 2.37. The first-order valence-corrected chi connectivity index (χ1v) is 9.51. The van der Waals surface area contributed by atoms with Crippen LogP contribution in [0.25, 0.3) is 0 Å². The van der Waals surface area contributed by atoms with Crippen LogP contribution in [0.15, 0.2) is 12.2 Å². The zero-order chi connectivity index (χ0) is 16.4. The first kappa shape index (κ1) is 16.6. The van der Waals surface area contributed by atoms with Crippen LogP contribution in [0, 0.1) is 11.8 Å². The van der Waals surface area contributed by atoms with Crippen LogP contribution in [0.3, 0.4) is 0 Å². The average molecular weight is 335 g/mol. The Morgan fingerprint density at radius 1 is 1.12 bits per heavy atom. The molecule has 0 saturated carbocycles. The van der Waals surface area contributed by atoms with Crippen LogP contribution in [-0.2, 0) is 19.0 Å².